The lowest BCUT2D eigenvalue weighted by Crippen LogP contribution is -2.29. The van der Waals surface area contributed by atoms with E-state index in [-0.39, 0.29) is 22.9 Å². The number of pyridine rings is 1. The molecule has 0 atom stereocenters. The second kappa shape index (κ2) is 6.66. The smallest absolute Gasteiger partial charge is 0.350 e. The molecule has 1 saturated heterocycles. The first-order chi connectivity index (χ1) is 11.5. The first-order valence-corrected chi connectivity index (χ1v) is 8.54. The minimum atomic E-state index is -0.577. The van der Waals surface area contributed by atoms with Crippen molar-refractivity contribution in [1.29, 1.82) is 0 Å². The zero-order chi connectivity index (χ0) is 17.3. The summed E-state index contributed by atoms with van der Waals surface area (Å²) in [5, 5.41) is 1.64. The Morgan fingerprint density at radius 1 is 1.38 bits per heavy atom. The normalized spacial score (nSPS) is 16.1. The summed E-state index contributed by atoms with van der Waals surface area (Å²) in [6.07, 6.45) is 1.54. The van der Waals surface area contributed by atoms with E-state index in [0.717, 1.165) is 16.2 Å². The minimum absolute atomic E-state index is 0.0382. The van der Waals surface area contributed by atoms with Gasteiger partial charge in [-0.25, -0.2) is 14.7 Å². The van der Waals surface area contributed by atoms with E-state index in [0.29, 0.717) is 15.9 Å². The maximum atomic E-state index is 12.6. The first-order valence-electron chi connectivity index (χ1n) is 6.87. The lowest BCUT2D eigenvalue weighted by Gasteiger charge is -2.13. The molecule has 2 amide bonds. The number of methoxy groups -OCH3 is 1. The van der Waals surface area contributed by atoms with Crippen molar-refractivity contribution in [3.05, 3.63) is 50.4 Å². The molecule has 1 aliphatic heterocycles. The van der Waals surface area contributed by atoms with Crippen molar-refractivity contribution in [3.63, 3.8) is 0 Å². The second-order valence-corrected chi connectivity index (χ2v) is 6.62. The molecule has 6 nitrogen and oxygen atoms in total. The van der Waals surface area contributed by atoms with Crippen molar-refractivity contribution >= 4 is 56.8 Å². The Balaban J connectivity index is 1.96. The van der Waals surface area contributed by atoms with Crippen molar-refractivity contribution in [2.75, 3.05) is 12.0 Å². The molecule has 2 aromatic rings. The molecule has 122 valence electrons. The van der Waals surface area contributed by atoms with Crippen molar-refractivity contribution < 1.29 is 19.1 Å². The van der Waals surface area contributed by atoms with Gasteiger partial charge in [0.1, 0.15) is 9.48 Å². The Hall–Kier alpha value is -2.32. The van der Waals surface area contributed by atoms with Gasteiger partial charge in [0.2, 0.25) is 5.91 Å². The lowest BCUT2D eigenvalue weighted by atomic mass is 10.2. The molecule has 8 heteroatoms. The molecule has 24 heavy (non-hydrogen) atoms. The Bertz CT molecular complexity index is 874. The van der Waals surface area contributed by atoms with Crippen LogP contribution in [0.1, 0.15) is 21.8 Å². The maximum Gasteiger partial charge on any atom is 0.350 e. The number of carbonyl (C=O) groups is 3. The summed E-state index contributed by atoms with van der Waals surface area (Å²) in [4.78, 5) is 42.2. The van der Waals surface area contributed by atoms with Crippen LogP contribution in [0.2, 0.25) is 0 Å². The average molecular weight is 407 g/mol. The van der Waals surface area contributed by atoms with Gasteiger partial charge in [0.15, 0.2) is 0 Å². The topological polar surface area (TPSA) is 76.6 Å². The van der Waals surface area contributed by atoms with Crippen LogP contribution in [0.15, 0.2) is 39.8 Å². The van der Waals surface area contributed by atoms with E-state index < -0.39 is 11.9 Å². The number of nitrogens with zero attached hydrogens (tertiary/aromatic N) is 2. The first kappa shape index (κ1) is 16.5. The average Bonchev–Trinajstić information content (AvgIpc) is 3.12. The largest absolute Gasteiger partial charge is 0.465 e. The van der Waals surface area contributed by atoms with Crippen LogP contribution in [-0.2, 0) is 14.3 Å². The molecular weight excluding hydrogens is 396 g/mol. The standard InChI is InChI=1S/C16H11BrN2O4S/c1-23-16(22)14-11(5-6-24-14)19-13(20)8-9(15(19)21)7-10-3-2-4-12(17)18-10/h2-7H,8H2,1H3/b9-7+. The van der Waals surface area contributed by atoms with Crippen molar-refractivity contribution in [1.82, 2.24) is 4.98 Å². The van der Waals surface area contributed by atoms with E-state index >= 15 is 0 Å². The van der Waals surface area contributed by atoms with Crippen LogP contribution in [0.25, 0.3) is 6.08 Å². The van der Waals surface area contributed by atoms with Crippen LogP contribution in [0.4, 0.5) is 5.69 Å². The van der Waals surface area contributed by atoms with Gasteiger partial charge >= 0.3 is 5.97 Å². The number of imide groups is 1. The highest BCUT2D eigenvalue weighted by Gasteiger charge is 2.37. The third kappa shape index (κ3) is 3.02. The molecule has 0 spiro atoms. The highest BCUT2D eigenvalue weighted by molar-refractivity contribution is 9.10. The third-order valence-corrected chi connectivity index (χ3v) is 4.71. The number of rotatable bonds is 3. The lowest BCUT2D eigenvalue weighted by molar-refractivity contribution is -0.120. The number of amides is 2. The van der Waals surface area contributed by atoms with Gasteiger partial charge in [-0.15, -0.1) is 11.3 Å². The number of hydrogen-bond donors (Lipinski definition) is 0. The number of carbonyl (C=O) groups excluding carboxylic acids is 3. The van der Waals surface area contributed by atoms with Crippen LogP contribution in [0.5, 0.6) is 0 Å². The van der Waals surface area contributed by atoms with Gasteiger partial charge in [-0.3, -0.25) is 9.59 Å². The fraction of sp³-hybridized carbons (Fsp3) is 0.125. The maximum absolute atomic E-state index is 12.6. The van der Waals surface area contributed by atoms with Crippen LogP contribution in [0.3, 0.4) is 0 Å². The van der Waals surface area contributed by atoms with Gasteiger partial charge in [-0.1, -0.05) is 6.07 Å². The van der Waals surface area contributed by atoms with E-state index in [1.165, 1.54) is 7.11 Å². The zero-order valence-corrected chi connectivity index (χ0v) is 14.9. The molecule has 1 aliphatic rings. The quantitative estimate of drug-likeness (QED) is 0.338. The fourth-order valence-corrected chi connectivity index (χ4v) is 3.49. The van der Waals surface area contributed by atoms with E-state index in [2.05, 4.69) is 20.9 Å². The number of thiophene rings is 1. The molecule has 2 aromatic heterocycles. The summed E-state index contributed by atoms with van der Waals surface area (Å²) < 4.78 is 5.33. The van der Waals surface area contributed by atoms with Crippen molar-refractivity contribution in [3.8, 4) is 0 Å². The Kier molecular flexibility index (Phi) is 4.59. The second-order valence-electron chi connectivity index (χ2n) is 4.89. The number of ether oxygens (including phenoxy) is 1. The minimum Gasteiger partial charge on any atom is -0.465 e. The van der Waals surface area contributed by atoms with E-state index in [1.54, 1.807) is 35.7 Å². The van der Waals surface area contributed by atoms with Gasteiger partial charge in [-0.05, 0) is 45.6 Å². The molecule has 3 heterocycles. The van der Waals surface area contributed by atoms with Crippen LogP contribution < -0.4 is 4.90 Å². The number of esters is 1. The van der Waals surface area contributed by atoms with Crippen molar-refractivity contribution in [2.45, 2.75) is 6.42 Å². The molecule has 0 saturated carbocycles. The molecule has 0 aliphatic carbocycles. The molecule has 0 N–H and O–H groups in total. The molecule has 0 bridgehead atoms. The predicted molar refractivity (Wildman–Crippen MR) is 92.7 cm³/mol. The molecule has 0 radical (unpaired) electrons. The third-order valence-electron chi connectivity index (χ3n) is 3.38. The highest BCUT2D eigenvalue weighted by Crippen LogP contribution is 2.33. The van der Waals surface area contributed by atoms with Gasteiger partial charge in [0, 0.05) is 5.57 Å². The SMILES string of the molecule is COC(=O)c1sccc1N1C(=O)C/C(=C\c2cccc(Br)n2)C1=O. The van der Waals surface area contributed by atoms with E-state index in [1.807, 2.05) is 0 Å². The van der Waals surface area contributed by atoms with Gasteiger partial charge < -0.3 is 4.74 Å². The molecular formula is C16H11BrN2O4S. The monoisotopic (exact) mass is 406 g/mol. The molecule has 1 fully saturated rings. The Morgan fingerprint density at radius 3 is 2.88 bits per heavy atom. The number of hydrogen-bond acceptors (Lipinski definition) is 6. The summed E-state index contributed by atoms with van der Waals surface area (Å²) in [5.41, 5.74) is 1.15. The van der Waals surface area contributed by atoms with Crippen LogP contribution >= 0.6 is 27.3 Å². The fourth-order valence-electron chi connectivity index (χ4n) is 2.34. The van der Waals surface area contributed by atoms with Crippen LogP contribution in [0, 0.1) is 0 Å². The van der Waals surface area contributed by atoms with E-state index in [9.17, 15) is 14.4 Å². The Labute approximate surface area is 149 Å². The van der Waals surface area contributed by atoms with Crippen molar-refractivity contribution in [2.24, 2.45) is 0 Å². The number of aromatic nitrogens is 1. The summed E-state index contributed by atoms with van der Waals surface area (Å²) in [6, 6.07) is 6.86. The Morgan fingerprint density at radius 2 is 2.17 bits per heavy atom. The van der Waals surface area contributed by atoms with E-state index in [4.69, 9.17) is 4.74 Å². The van der Waals surface area contributed by atoms with Crippen LogP contribution in [-0.4, -0.2) is 29.9 Å². The molecule has 3 rings (SSSR count). The summed E-state index contributed by atoms with van der Waals surface area (Å²) in [7, 11) is 1.25. The highest BCUT2D eigenvalue weighted by atomic mass is 79.9. The number of halogens is 1. The molecule has 0 unspecified atom stereocenters. The predicted octanol–water partition coefficient (Wildman–Crippen LogP) is 3.04. The van der Waals surface area contributed by atoms with Gasteiger partial charge in [0.05, 0.1) is 24.9 Å². The summed E-state index contributed by atoms with van der Waals surface area (Å²) in [5.74, 6) is -1.41. The summed E-state index contributed by atoms with van der Waals surface area (Å²) in [6.45, 7) is 0. The number of anilines is 1. The van der Waals surface area contributed by atoms with Gasteiger partial charge in [0.25, 0.3) is 5.91 Å². The van der Waals surface area contributed by atoms with Gasteiger partial charge in [-0.2, -0.15) is 0 Å². The zero-order valence-electron chi connectivity index (χ0n) is 12.5. The summed E-state index contributed by atoms with van der Waals surface area (Å²) >= 11 is 4.38. The molecule has 0 aromatic carbocycles.